The fraction of sp³-hybridized carbons (Fsp3) is 0.647. The van der Waals surface area contributed by atoms with Gasteiger partial charge in [0.25, 0.3) is 0 Å². The van der Waals surface area contributed by atoms with Crippen molar-refractivity contribution in [3.05, 3.63) is 24.4 Å². The van der Waals surface area contributed by atoms with E-state index in [1.54, 1.807) is 24.3 Å². The van der Waals surface area contributed by atoms with Crippen LogP contribution in [0.25, 0.3) is 0 Å². The number of rotatable bonds is 5. The van der Waals surface area contributed by atoms with Crippen LogP contribution in [0.2, 0.25) is 0 Å². The summed E-state index contributed by atoms with van der Waals surface area (Å²) in [5, 5.41) is 10.3. The van der Waals surface area contributed by atoms with Crippen molar-refractivity contribution < 1.29 is 24.1 Å². The molecule has 3 rings (SSSR count). The Bertz CT molecular complexity index is 541. The fourth-order valence-electron chi connectivity index (χ4n) is 3.54. The second kappa shape index (κ2) is 7.81. The molecule has 2 heterocycles. The van der Waals surface area contributed by atoms with Crippen LogP contribution in [0.1, 0.15) is 19.3 Å². The monoisotopic (exact) mass is 336 g/mol. The van der Waals surface area contributed by atoms with E-state index in [2.05, 4.69) is 4.98 Å². The molecule has 0 spiro atoms. The van der Waals surface area contributed by atoms with Crippen molar-refractivity contribution >= 4 is 6.09 Å². The van der Waals surface area contributed by atoms with Gasteiger partial charge in [0.2, 0.25) is 5.88 Å². The minimum Gasteiger partial charge on any atom is -0.472 e. The quantitative estimate of drug-likeness (QED) is 0.820. The van der Waals surface area contributed by atoms with Gasteiger partial charge in [-0.05, 0) is 25.3 Å². The molecule has 0 aromatic carbocycles. The van der Waals surface area contributed by atoms with Gasteiger partial charge in [-0.25, -0.2) is 9.78 Å². The molecule has 4 atom stereocenters. The Morgan fingerprint density at radius 1 is 1.38 bits per heavy atom. The average Bonchev–Trinajstić information content (AvgIpc) is 2.60. The first-order valence-corrected chi connectivity index (χ1v) is 8.37. The molecule has 24 heavy (non-hydrogen) atoms. The number of aromatic nitrogens is 1. The van der Waals surface area contributed by atoms with Gasteiger partial charge in [0.15, 0.2) is 0 Å². The predicted octanol–water partition coefficient (Wildman–Crippen LogP) is 1.46. The first-order valence-electron chi connectivity index (χ1n) is 8.37. The van der Waals surface area contributed by atoms with E-state index >= 15 is 0 Å². The van der Waals surface area contributed by atoms with Gasteiger partial charge in [-0.2, -0.15) is 0 Å². The Kier molecular flexibility index (Phi) is 5.52. The summed E-state index contributed by atoms with van der Waals surface area (Å²) in [7, 11) is 1.57. The maximum absolute atomic E-state index is 12.4. The van der Waals surface area contributed by atoms with E-state index in [0.29, 0.717) is 25.5 Å². The van der Waals surface area contributed by atoms with Gasteiger partial charge < -0.3 is 24.2 Å². The van der Waals surface area contributed by atoms with Gasteiger partial charge in [0.05, 0.1) is 19.3 Å². The Hall–Kier alpha value is -1.86. The van der Waals surface area contributed by atoms with E-state index in [1.807, 2.05) is 12.1 Å². The van der Waals surface area contributed by atoms with E-state index in [4.69, 9.17) is 14.2 Å². The molecular weight excluding hydrogens is 312 g/mol. The van der Waals surface area contributed by atoms with Crippen molar-refractivity contribution in [2.75, 3.05) is 26.9 Å². The number of fused-ring (bicyclic) bond motifs is 2. The number of likely N-dealkylation sites (tertiary alicyclic amines) is 1. The summed E-state index contributed by atoms with van der Waals surface area (Å²) in [6, 6.07) is 5.54. The van der Waals surface area contributed by atoms with Crippen LogP contribution in [0, 0.1) is 5.92 Å². The molecule has 1 aromatic heterocycles. The van der Waals surface area contributed by atoms with E-state index in [9.17, 15) is 9.90 Å². The van der Waals surface area contributed by atoms with Crippen LogP contribution >= 0.6 is 0 Å². The summed E-state index contributed by atoms with van der Waals surface area (Å²) in [6.07, 6.45) is 2.80. The van der Waals surface area contributed by atoms with Crippen molar-refractivity contribution in [3.8, 4) is 5.88 Å². The second-order valence-electron chi connectivity index (χ2n) is 6.28. The van der Waals surface area contributed by atoms with Crippen LogP contribution in [0.15, 0.2) is 24.4 Å². The number of ether oxygens (including phenoxy) is 3. The molecule has 1 aromatic rings. The molecule has 2 bridgehead atoms. The summed E-state index contributed by atoms with van der Waals surface area (Å²) in [6.45, 7) is 1.00. The molecule has 1 saturated heterocycles. The van der Waals surface area contributed by atoms with E-state index < -0.39 is 6.10 Å². The van der Waals surface area contributed by atoms with Crippen molar-refractivity contribution in [2.24, 2.45) is 5.92 Å². The van der Waals surface area contributed by atoms with E-state index in [-0.39, 0.29) is 30.8 Å². The summed E-state index contributed by atoms with van der Waals surface area (Å²) >= 11 is 0. The van der Waals surface area contributed by atoms with Crippen LogP contribution in [-0.2, 0) is 9.47 Å². The summed E-state index contributed by atoms with van der Waals surface area (Å²) < 4.78 is 16.2. The molecule has 1 aliphatic heterocycles. The highest BCUT2D eigenvalue weighted by Gasteiger charge is 2.45. The molecule has 7 heteroatoms. The Morgan fingerprint density at radius 3 is 3.00 bits per heavy atom. The lowest BCUT2D eigenvalue weighted by molar-refractivity contribution is -0.0768. The van der Waals surface area contributed by atoms with Crippen molar-refractivity contribution in [1.29, 1.82) is 0 Å². The molecule has 2 aliphatic rings. The van der Waals surface area contributed by atoms with E-state index in [0.717, 1.165) is 12.8 Å². The largest absolute Gasteiger partial charge is 0.472 e. The zero-order valence-electron chi connectivity index (χ0n) is 13.8. The SMILES string of the molecule is COCCOC(=O)N1C[C@H](Oc2ccccn2)[C@H]2C[C@@H]1CC[C@H]2O. The molecular formula is C17H24N2O5. The van der Waals surface area contributed by atoms with Gasteiger partial charge in [-0.15, -0.1) is 0 Å². The normalized spacial score (nSPS) is 29.2. The molecule has 1 amide bonds. The lowest BCUT2D eigenvalue weighted by Gasteiger charge is -2.48. The first kappa shape index (κ1) is 17.0. The molecule has 1 saturated carbocycles. The highest BCUT2D eigenvalue weighted by molar-refractivity contribution is 5.68. The number of amides is 1. The van der Waals surface area contributed by atoms with Crippen molar-refractivity contribution in [2.45, 2.75) is 37.5 Å². The van der Waals surface area contributed by atoms with Crippen LogP contribution in [-0.4, -0.2) is 66.2 Å². The number of hydrogen-bond acceptors (Lipinski definition) is 6. The third-order valence-corrected chi connectivity index (χ3v) is 4.79. The number of aliphatic hydroxyl groups excluding tert-OH is 1. The van der Waals surface area contributed by atoms with Crippen molar-refractivity contribution in [1.82, 2.24) is 9.88 Å². The standard InChI is InChI=1S/C17H24N2O5/c1-22-8-9-23-17(21)19-11-15(24-16-4-2-3-7-18-16)13-10-12(19)5-6-14(13)20/h2-4,7,12-15,20H,5-6,8-11H2,1H3/t12-,13-,14+,15-/m0/s1. The maximum atomic E-state index is 12.4. The third-order valence-electron chi connectivity index (χ3n) is 4.79. The van der Waals surface area contributed by atoms with Gasteiger partial charge in [0.1, 0.15) is 12.7 Å². The first-order chi connectivity index (χ1) is 11.7. The number of piperidine rings is 1. The van der Waals surface area contributed by atoms with Gasteiger partial charge in [-0.1, -0.05) is 6.07 Å². The Morgan fingerprint density at radius 2 is 2.25 bits per heavy atom. The predicted molar refractivity (Wildman–Crippen MR) is 85.7 cm³/mol. The van der Waals surface area contributed by atoms with E-state index in [1.165, 1.54) is 0 Å². The highest BCUT2D eigenvalue weighted by atomic mass is 16.6. The molecule has 0 unspecified atom stereocenters. The van der Waals surface area contributed by atoms with Gasteiger partial charge in [0, 0.05) is 31.3 Å². The number of methoxy groups -OCH3 is 1. The molecule has 2 fully saturated rings. The minimum absolute atomic E-state index is 0.00813. The smallest absolute Gasteiger partial charge is 0.410 e. The molecule has 7 nitrogen and oxygen atoms in total. The van der Waals surface area contributed by atoms with Crippen LogP contribution < -0.4 is 4.74 Å². The summed E-state index contributed by atoms with van der Waals surface area (Å²) in [4.78, 5) is 18.3. The molecule has 132 valence electrons. The van der Waals surface area contributed by atoms with Crippen molar-refractivity contribution in [3.63, 3.8) is 0 Å². The molecule has 1 aliphatic carbocycles. The second-order valence-corrected chi connectivity index (χ2v) is 6.28. The van der Waals surface area contributed by atoms with Crippen LogP contribution in [0.5, 0.6) is 5.88 Å². The van der Waals surface area contributed by atoms with Gasteiger partial charge in [-0.3, -0.25) is 0 Å². The highest BCUT2D eigenvalue weighted by Crippen LogP contribution is 2.37. The average molecular weight is 336 g/mol. The minimum atomic E-state index is -0.401. The Labute approximate surface area is 141 Å². The zero-order valence-corrected chi connectivity index (χ0v) is 13.8. The summed E-state index contributed by atoms with van der Waals surface area (Å²) in [5.74, 6) is 0.514. The zero-order chi connectivity index (χ0) is 16.9. The number of carbonyl (C=O) groups is 1. The van der Waals surface area contributed by atoms with Crippen LogP contribution in [0.4, 0.5) is 4.79 Å². The van der Waals surface area contributed by atoms with Gasteiger partial charge >= 0.3 is 6.09 Å². The number of pyridine rings is 1. The number of hydrogen-bond donors (Lipinski definition) is 1. The lowest BCUT2D eigenvalue weighted by atomic mass is 9.76. The number of nitrogens with zero attached hydrogens (tertiary/aromatic N) is 2. The Balaban J connectivity index is 1.69. The van der Waals surface area contributed by atoms with Crippen LogP contribution in [0.3, 0.4) is 0 Å². The number of aliphatic hydroxyl groups is 1. The third kappa shape index (κ3) is 3.79. The molecule has 0 radical (unpaired) electrons. The lowest BCUT2D eigenvalue weighted by Crippen LogP contribution is -2.59. The molecule has 1 N–H and O–H groups in total. The number of carbonyl (C=O) groups excluding carboxylic acids is 1. The summed E-state index contributed by atoms with van der Waals surface area (Å²) in [5.41, 5.74) is 0. The fourth-order valence-corrected chi connectivity index (χ4v) is 3.54. The maximum Gasteiger partial charge on any atom is 0.410 e. The topological polar surface area (TPSA) is 81.1 Å².